The van der Waals surface area contributed by atoms with Gasteiger partial charge in [0.05, 0.1) is 0 Å². The zero-order valence-electron chi connectivity index (χ0n) is 18.0. The largest absolute Gasteiger partial charge is 0.383 e. The monoisotopic (exact) mass is 411 g/mol. The number of nitrogens with zero attached hydrogens (tertiary/aromatic N) is 4. The summed E-state index contributed by atoms with van der Waals surface area (Å²) in [6, 6.07) is 13.5. The first-order chi connectivity index (χ1) is 15.2. The molecule has 2 N–H and O–H groups in total. The van der Waals surface area contributed by atoms with E-state index in [1.807, 2.05) is 12.3 Å². The number of hydrogen-bond donors (Lipinski definition) is 1. The van der Waals surface area contributed by atoms with Crippen molar-refractivity contribution in [2.24, 2.45) is 0 Å². The minimum atomic E-state index is 0.589. The van der Waals surface area contributed by atoms with E-state index < -0.39 is 0 Å². The molecule has 5 nitrogen and oxygen atoms in total. The van der Waals surface area contributed by atoms with Crippen molar-refractivity contribution in [2.45, 2.75) is 38.8 Å². The number of allylic oxidation sites excluding steroid dienone is 2. The Balaban J connectivity index is 1.26. The quantitative estimate of drug-likeness (QED) is 0.659. The van der Waals surface area contributed by atoms with Crippen LogP contribution < -0.4 is 10.6 Å². The third kappa shape index (κ3) is 4.26. The number of nitrogen functional groups attached to an aromatic ring is 1. The highest BCUT2D eigenvalue weighted by Crippen LogP contribution is 2.25. The lowest BCUT2D eigenvalue weighted by molar-refractivity contribution is 0.401. The van der Waals surface area contributed by atoms with Gasteiger partial charge in [0, 0.05) is 56.1 Å². The van der Waals surface area contributed by atoms with E-state index in [-0.39, 0.29) is 0 Å². The Morgan fingerprint density at radius 3 is 2.81 bits per heavy atom. The molecule has 2 aliphatic heterocycles. The first-order valence-electron chi connectivity index (χ1n) is 11.1. The molecule has 1 fully saturated rings. The zero-order chi connectivity index (χ0) is 21.2. The van der Waals surface area contributed by atoms with Gasteiger partial charge in [0.1, 0.15) is 11.6 Å². The van der Waals surface area contributed by atoms with Crippen LogP contribution >= 0.6 is 0 Å². The number of anilines is 2. The maximum atomic E-state index is 5.99. The predicted octanol–water partition coefficient (Wildman–Crippen LogP) is 4.70. The van der Waals surface area contributed by atoms with Crippen LogP contribution in [-0.2, 0) is 13.0 Å². The van der Waals surface area contributed by atoms with E-state index in [1.165, 1.54) is 29.5 Å². The third-order valence-electron chi connectivity index (χ3n) is 6.33. The molecule has 0 bridgehead atoms. The summed E-state index contributed by atoms with van der Waals surface area (Å²) in [6.45, 7) is 5.20. The molecule has 158 valence electrons. The molecule has 0 saturated carbocycles. The molecule has 0 spiro atoms. The zero-order valence-corrected chi connectivity index (χ0v) is 18.0. The number of rotatable bonds is 5. The third-order valence-corrected chi connectivity index (χ3v) is 6.33. The summed E-state index contributed by atoms with van der Waals surface area (Å²) in [5.74, 6) is 1.70. The van der Waals surface area contributed by atoms with Crippen molar-refractivity contribution in [1.29, 1.82) is 0 Å². The molecular weight excluding hydrogens is 382 g/mol. The second kappa shape index (κ2) is 8.42. The molecule has 4 heterocycles. The molecule has 5 rings (SSSR count). The van der Waals surface area contributed by atoms with Crippen LogP contribution in [0.1, 0.15) is 30.9 Å². The van der Waals surface area contributed by atoms with Crippen molar-refractivity contribution in [1.82, 2.24) is 14.9 Å². The van der Waals surface area contributed by atoms with Gasteiger partial charge in [0.25, 0.3) is 0 Å². The molecule has 1 atom stereocenters. The van der Waals surface area contributed by atoms with Gasteiger partial charge in [0.15, 0.2) is 0 Å². The average Bonchev–Trinajstić information content (AvgIpc) is 3.21. The highest BCUT2D eigenvalue weighted by molar-refractivity contribution is 5.91. The summed E-state index contributed by atoms with van der Waals surface area (Å²) in [4.78, 5) is 13.7. The molecular formula is C26H29N5. The number of fused-ring (bicyclic) bond motifs is 1. The fourth-order valence-electron chi connectivity index (χ4n) is 4.67. The minimum absolute atomic E-state index is 0.589. The summed E-state index contributed by atoms with van der Waals surface area (Å²) in [5.41, 5.74) is 9.82. The lowest BCUT2D eigenvalue weighted by Crippen LogP contribution is -2.27. The minimum Gasteiger partial charge on any atom is -0.383 e. The van der Waals surface area contributed by atoms with Crippen molar-refractivity contribution in [3.63, 3.8) is 0 Å². The second-order valence-corrected chi connectivity index (χ2v) is 8.67. The lowest BCUT2D eigenvalue weighted by atomic mass is 10.0. The normalized spacial score (nSPS) is 18.6. The van der Waals surface area contributed by atoms with Crippen LogP contribution in [0.4, 0.5) is 11.6 Å². The molecule has 31 heavy (non-hydrogen) atoms. The fourth-order valence-corrected chi connectivity index (χ4v) is 4.67. The summed E-state index contributed by atoms with van der Waals surface area (Å²) < 4.78 is 0. The molecule has 1 unspecified atom stereocenters. The highest BCUT2D eigenvalue weighted by Gasteiger charge is 2.21. The Morgan fingerprint density at radius 1 is 1.10 bits per heavy atom. The van der Waals surface area contributed by atoms with Crippen LogP contribution in [0.5, 0.6) is 0 Å². The van der Waals surface area contributed by atoms with Gasteiger partial charge in [-0.3, -0.25) is 0 Å². The van der Waals surface area contributed by atoms with E-state index in [2.05, 4.69) is 70.4 Å². The predicted molar refractivity (Wildman–Crippen MR) is 128 cm³/mol. The van der Waals surface area contributed by atoms with Crippen LogP contribution in [0, 0.1) is 0 Å². The number of nitrogens with two attached hydrogens (primary N) is 1. The van der Waals surface area contributed by atoms with Crippen molar-refractivity contribution in [3.8, 4) is 0 Å². The van der Waals surface area contributed by atoms with E-state index in [4.69, 9.17) is 10.7 Å². The Hall–Kier alpha value is -3.34. The summed E-state index contributed by atoms with van der Waals surface area (Å²) >= 11 is 0. The number of pyridine rings is 2. The van der Waals surface area contributed by atoms with Crippen LogP contribution in [0.15, 0.2) is 72.7 Å². The number of benzene rings is 1. The van der Waals surface area contributed by atoms with Gasteiger partial charge in [-0.25, -0.2) is 9.97 Å². The molecule has 0 aliphatic carbocycles. The molecule has 0 amide bonds. The van der Waals surface area contributed by atoms with E-state index in [0.717, 1.165) is 42.6 Å². The molecule has 2 aromatic heterocycles. The average molecular weight is 412 g/mol. The summed E-state index contributed by atoms with van der Waals surface area (Å²) in [5, 5.41) is 2.15. The van der Waals surface area contributed by atoms with Gasteiger partial charge in [-0.2, -0.15) is 0 Å². The molecule has 1 aromatic carbocycles. The van der Waals surface area contributed by atoms with Crippen molar-refractivity contribution < 1.29 is 0 Å². The van der Waals surface area contributed by atoms with Crippen LogP contribution in [0.3, 0.4) is 0 Å². The topological polar surface area (TPSA) is 58.3 Å². The first-order valence-corrected chi connectivity index (χ1v) is 11.1. The van der Waals surface area contributed by atoms with Crippen molar-refractivity contribution in [2.75, 3.05) is 23.7 Å². The SMILES string of the molecule is CC1CCCN1c1ccc(CC2=CN(Cc3ccc4c(N)nccc4c3)CC=C2)cn1. The number of hydrogen-bond acceptors (Lipinski definition) is 5. The maximum Gasteiger partial charge on any atom is 0.131 e. The highest BCUT2D eigenvalue weighted by atomic mass is 15.2. The standard InChI is InChI=1S/C26H29N5/c1-19-4-2-13-31(19)25-9-7-20(16-29-25)14-21-5-3-12-30(17-21)18-22-6-8-24-23(15-22)10-11-28-26(24)27/h3,5-11,15-17,19H,2,4,12-14,18H2,1H3,(H2,27,28). The van der Waals surface area contributed by atoms with Gasteiger partial charge in [-0.1, -0.05) is 30.4 Å². The van der Waals surface area contributed by atoms with E-state index in [1.54, 1.807) is 6.20 Å². The molecule has 3 aromatic rings. The van der Waals surface area contributed by atoms with Crippen LogP contribution in [0.25, 0.3) is 10.8 Å². The van der Waals surface area contributed by atoms with E-state index in [0.29, 0.717) is 11.9 Å². The Kier molecular flexibility index (Phi) is 5.33. The van der Waals surface area contributed by atoms with Gasteiger partial charge in [-0.05, 0) is 60.1 Å². The van der Waals surface area contributed by atoms with Crippen LogP contribution in [0.2, 0.25) is 0 Å². The lowest BCUT2D eigenvalue weighted by Gasteiger charge is -2.24. The van der Waals surface area contributed by atoms with Crippen LogP contribution in [-0.4, -0.2) is 34.0 Å². The van der Waals surface area contributed by atoms with Crippen molar-refractivity contribution >= 4 is 22.4 Å². The van der Waals surface area contributed by atoms with Gasteiger partial charge >= 0.3 is 0 Å². The second-order valence-electron chi connectivity index (χ2n) is 8.67. The van der Waals surface area contributed by atoms with Gasteiger partial charge in [0.2, 0.25) is 0 Å². The Bertz CT molecular complexity index is 1130. The molecule has 0 radical (unpaired) electrons. The summed E-state index contributed by atoms with van der Waals surface area (Å²) in [6.07, 6.45) is 14.0. The number of aromatic nitrogens is 2. The molecule has 2 aliphatic rings. The Morgan fingerprint density at radius 2 is 2.00 bits per heavy atom. The smallest absolute Gasteiger partial charge is 0.131 e. The summed E-state index contributed by atoms with van der Waals surface area (Å²) in [7, 11) is 0. The fraction of sp³-hybridized carbons (Fsp3) is 0.308. The maximum absolute atomic E-state index is 5.99. The van der Waals surface area contributed by atoms with Gasteiger partial charge in [-0.15, -0.1) is 0 Å². The van der Waals surface area contributed by atoms with E-state index >= 15 is 0 Å². The van der Waals surface area contributed by atoms with E-state index in [9.17, 15) is 0 Å². The van der Waals surface area contributed by atoms with Crippen molar-refractivity contribution in [3.05, 3.63) is 83.8 Å². The Labute approximate surface area is 183 Å². The molecule has 1 saturated heterocycles. The first kappa shape index (κ1) is 19.6. The molecule has 5 heteroatoms. The van der Waals surface area contributed by atoms with Gasteiger partial charge < -0.3 is 15.5 Å².